The molecule has 0 unspecified atom stereocenters. The van der Waals surface area contributed by atoms with Crippen LogP contribution in [-0.4, -0.2) is 62.5 Å². The van der Waals surface area contributed by atoms with Crippen LogP contribution in [0.2, 0.25) is 0 Å². The van der Waals surface area contributed by atoms with E-state index in [2.05, 4.69) is 9.97 Å². The van der Waals surface area contributed by atoms with Gasteiger partial charge in [0.2, 0.25) is 5.82 Å². The summed E-state index contributed by atoms with van der Waals surface area (Å²) in [6, 6.07) is 6.25. The predicted octanol–water partition coefficient (Wildman–Crippen LogP) is 4.16. The molecule has 4 rings (SSSR count). The van der Waals surface area contributed by atoms with Crippen molar-refractivity contribution in [3.8, 4) is 17.2 Å². The molecule has 2 aliphatic rings. The topological polar surface area (TPSA) is 99.4 Å². The normalized spacial score (nSPS) is 16.6. The summed E-state index contributed by atoms with van der Waals surface area (Å²) in [5.74, 6) is -0.743. The quantitative estimate of drug-likeness (QED) is 0.672. The lowest BCUT2D eigenvalue weighted by Crippen LogP contribution is -2.50. The summed E-state index contributed by atoms with van der Waals surface area (Å²) in [5, 5.41) is 8.89. The fourth-order valence-corrected chi connectivity index (χ4v) is 4.12. The number of hydrogen-bond acceptors (Lipinski definition) is 6. The van der Waals surface area contributed by atoms with Crippen LogP contribution in [0.1, 0.15) is 62.6 Å². The average Bonchev–Trinajstić information content (AvgIpc) is 3.63. The van der Waals surface area contributed by atoms with Gasteiger partial charge in [-0.1, -0.05) is 6.07 Å². The number of rotatable bonds is 4. The SMILES string of the molecule is CC(C)(C)OC(=O)N1CCC(N(C(=O)c2ncc(-c3ccc(C#N)c(F)c3)cn2)C2CC2)CC1. The van der Waals surface area contributed by atoms with Crippen LogP contribution in [-0.2, 0) is 4.74 Å². The molecule has 0 N–H and O–H groups in total. The van der Waals surface area contributed by atoms with Crippen molar-refractivity contribution in [3.63, 3.8) is 0 Å². The zero-order chi connectivity index (χ0) is 24.5. The van der Waals surface area contributed by atoms with Crippen molar-refractivity contribution in [1.29, 1.82) is 5.26 Å². The van der Waals surface area contributed by atoms with Gasteiger partial charge in [-0.3, -0.25) is 4.79 Å². The molecule has 2 aromatic rings. The number of carbonyl (C=O) groups is 2. The fourth-order valence-electron chi connectivity index (χ4n) is 4.12. The number of benzene rings is 1. The Hall–Kier alpha value is -3.54. The van der Waals surface area contributed by atoms with Gasteiger partial charge in [0.15, 0.2) is 0 Å². The minimum absolute atomic E-state index is 0.00888. The third kappa shape index (κ3) is 5.33. The number of ether oxygens (including phenoxy) is 1. The highest BCUT2D eigenvalue weighted by Gasteiger charge is 2.40. The highest BCUT2D eigenvalue weighted by Crippen LogP contribution is 2.33. The van der Waals surface area contributed by atoms with E-state index in [9.17, 15) is 14.0 Å². The largest absolute Gasteiger partial charge is 0.444 e. The number of nitrogens with zero attached hydrogens (tertiary/aromatic N) is 5. The van der Waals surface area contributed by atoms with E-state index >= 15 is 0 Å². The van der Waals surface area contributed by atoms with Gasteiger partial charge < -0.3 is 14.5 Å². The zero-order valence-corrected chi connectivity index (χ0v) is 19.6. The lowest BCUT2D eigenvalue weighted by atomic mass is 10.0. The standard InChI is InChI=1S/C25H28FN5O3/c1-25(2,3)34-24(33)30-10-8-20(9-11-30)31(19-6-7-19)23(32)22-28-14-18(15-29-22)16-4-5-17(13-27)21(26)12-16/h4-5,12,14-15,19-20H,6-11H2,1-3H3. The number of hydrogen-bond donors (Lipinski definition) is 0. The van der Waals surface area contributed by atoms with Crippen molar-refractivity contribution in [2.24, 2.45) is 0 Å². The van der Waals surface area contributed by atoms with Crippen molar-refractivity contribution < 1.29 is 18.7 Å². The first-order valence-electron chi connectivity index (χ1n) is 11.5. The number of nitriles is 1. The molecule has 1 aromatic heterocycles. The Morgan fingerprint density at radius 1 is 1.09 bits per heavy atom. The van der Waals surface area contributed by atoms with Crippen LogP contribution in [0.25, 0.3) is 11.1 Å². The summed E-state index contributed by atoms with van der Waals surface area (Å²) >= 11 is 0. The van der Waals surface area contributed by atoms with Crippen molar-refractivity contribution >= 4 is 12.0 Å². The molecule has 0 radical (unpaired) electrons. The minimum atomic E-state index is -0.613. The lowest BCUT2D eigenvalue weighted by molar-refractivity contribution is 0.0141. The van der Waals surface area contributed by atoms with Crippen LogP contribution >= 0.6 is 0 Å². The first kappa shape index (κ1) is 23.6. The Bertz CT molecular complexity index is 1110. The summed E-state index contributed by atoms with van der Waals surface area (Å²) in [4.78, 5) is 37.8. The van der Waals surface area contributed by atoms with Gasteiger partial charge in [-0.2, -0.15) is 5.26 Å². The fraction of sp³-hybridized carbons (Fsp3) is 0.480. The van der Waals surface area contributed by atoms with E-state index < -0.39 is 11.4 Å². The highest BCUT2D eigenvalue weighted by atomic mass is 19.1. The van der Waals surface area contributed by atoms with E-state index in [1.807, 2.05) is 25.7 Å². The number of piperidine rings is 1. The summed E-state index contributed by atoms with van der Waals surface area (Å²) in [6.45, 7) is 6.58. The molecular formula is C25H28FN5O3. The molecule has 0 atom stereocenters. The molecule has 34 heavy (non-hydrogen) atoms. The van der Waals surface area contributed by atoms with Gasteiger partial charge in [-0.05, 0) is 64.2 Å². The number of aromatic nitrogens is 2. The average molecular weight is 466 g/mol. The van der Waals surface area contributed by atoms with Gasteiger partial charge in [0.05, 0.1) is 5.56 Å². The Balaban J connectivity index is 1.43. The number of amides is 2. The number of halogens is 1. The zero-order valence-electron chi connectivity index (χ0n) is 19.6. The molecule has 0 spiro atoms. The molecule has 2 fully saturated rings. The number of likely N-dealkylation sites (tertiary alicyclic amines) is 1. The Kier molecular flexibility index (Phi) is 6.51. The predicted molar refractivity (Wildman–Crippen MR) is 122 cm³/mol. The monoisotopic (exact) mass is 465 g/mol. The molecule has 1 aromatic carbocycles. The van der Waals surface area contributed by atoms with Crippen molar-refractivity contribution in [3.05, 3.63) is 47.8 Å². The highest BCUT2D eigenvalue weighted by molar-refractivity contribution is 5.91. The molecule has 2 amide bonds. The molecule has 1 saturated carbocycles. The molecular weight excluding hydrogens is 437 g/mol. The maximum absolute atomic E-state index is 14.0. The summed E-state index contributed by atoms with van der Waals surface area (Å²) in [7, 11) is 0. The van der Waals surface area contributed by atoms with Crippen LogP contribution in [0.5, 0.6) is 0 Å². The Morgan fingerprint density at radius 3 is 2.24 bits per heavy atom. The van der Waals surface area contributed by atoms with Gasteiger partial charge in [-0.15, -0.1) is 0 Å². The van der Waals surface area contributed by atoms with Crippen molar-refractivity contribution in [2.45, 2.75) is 64.1 Å². The van der Waals surface area contributed by atoms with E-state index in [1.54, 1.807) is 17.0 Å². The van der Waals surface area contributed by atoms with Gasteiger partial charge in [0.1, 0.15) is 17.5 Å². The molecule has 178 valence electrons. The van der Waals surface area contributed by atoms with E-state index in [0.717, 1.165) is 12.8 Å². The minimum Gasteiger partial charge on any atom is -0.444 e. The maximum atomic E-state index is 14.0. The van der Waals surface area contributed by atoms with E-state index in [0.29, 0.717) is 37.1 Å². The summed E-state index contributed by atoms with van der Waals surface area (Å²) in [5.41, 5.74) is 0.513. The third-order valence-corrected chi connectivity index (χ3v) is 5.95. The maximum Gasteiger partial charge on any atom is 0.410 e. The van der Waals surface area contributed by atoms with E-state index in [-0.39, 0.29) is 35.5 Å². The summed E-state index contributed by atoms with van der Waals surface area (Å²) < 4.78 is 19.4. The van der Waals surface area contributed by atoms with Crippen LogP contribution in [0.15, 0.2) is 30.6 Å². The van der Waals surface area contributed by atoms with Gasteiger partial charge in [0, 0.05) is 43.1 Å². The van der Waals surface area contributed by atoms with Crippen molar-refractivity contribution in [1.82, 2.24) is 19.8 Å². The summed E-state index contributed by atoms with van der Waals surface area (Å²) in [6.07, 6.45) is 5.90. The Labute approximate surface area is 198 Å². The van der Waals surface area contributed by atoms with Crippen molar-refractivity contribution in [2.75, 3.05) is 13.1 Å². The van der Waals surface area contributed by atoms with Gasteiger partial charge >= 0.3 is 6.09 Å². The molecule has 1 saturated heterocycles. The van der Waals surface area contributed by atoms with Crippen LogP contribution < -0.4 is 0 Å². The molecule has 9 heteroatoms. The van der Waals surface area contributed by atoms with Gasteiger partial charge in [-0.25, -0.2) is 19.2 Å². The molecule has 0 bridgehead atoms. The lowest BCUT2D eigenvalue weighted by Gasteiger charge is -2.38. The number of carbonyl (C=O) groups excluding carboxylic acids is 2. The Morgan fingerprint density at radius 2 is 1.71 bits per heavy atom. The molecule has 2 heterocycles. The second kappa shape index (κ2) is 9.37. The first-order valence-corrected chi connectivity index (χ1v) is 11.5. The molecule has 1 aliphatic heterocycles. The van der Waals surface area contributed by atoms with E-state index in [4.69, 9.17) is 10.00 Å². The third-order valence-electron chi connectivity index (χ3n) is 5.95. The van der Waals surface area contributed by atoms with Crippen LogP contribution in [0, 0.1) is 17.1 Å². The molecule has 8 nitrogen and oxygen atoms in total. The van der Waals surface area contributed by atoms with Gasteiger partial charge in [0.25, 0.3) is 5.91 Å². The smallest absolute Gasteiger partial charge is 0.410 e. The second-order valence-corrected chi connectivity index (χ2v) is 9.74. The first-order chi connectivity index (χ1) is 16.2. The van der Waals surface area contributed by atoms with Crippen LogP contribution in [0.4, 0.5) is 9.18 Å². The second-order valence-electron chi connectivity index (χ2n) is 9.74. The van der Waals surface area contributed by atoms with Crippen LogP contribution in [0.3, 0.4) is 0 Å². The molecule has 1 aliphatic carbocycles. The van der Waals surface area contributed by atoms with E-state index in [1.165, 1.54) is 24.5 Å².